The third-order valence-electron chi connectivity index (χ3n) is 5.37. The predicted molar refractivity (Wildman–Crippen MR) is 90.4 cm³/mol. The maximum atomic E-state index is 12.0. The predicted octanol–water partition coefficient (Wildman–Crippen LogP) is 2.79. The minimum Gasteiger partial charge on any atom is -0.376 e. The Balaban J connectivity index is 0.00000176. The lowest BCUT2D eigenvalue weighted by Gasteiger charge is -2.28. The van der Waals surface area contributed by atoms with Crippen molar-refractivity contribution in [1.29, 1.82) is 0 Å². The maximum Gasteiger partial charge on any atom is 0.220 e. The number of carbonyl (C=O) groups is 1. The van der Waals surface area contributed by atoms with E-state index in [4.69, 9.17) is 4.74 Å². The van der Waals surface area contributed by atoms with E-state index >= 15 is 0 Å². The van der Waals surface area contributed by atoms with Crippen LogP contribution in [-0.4, -0.2) is 37.2 Å². The van der Waals surface area contributed by atoms with Gasteiger partial charge in [-0.15, -0.1) is 12.4 Å². The van der Waals surface area contributed by atoms with Gasteiger partial charge in [0, 0.05) is 25.0 Å². The molecule has 0 aromatic heterocycles. The Morgan fingerprint density at radius 1 is 1.05 bits per heavy atom. The highest BCUT2D eigenvalue weighted by molar-refractivity contribution is 5.85. The number of fused-ring (bicyclic) bond motifs is 2. The molecule has 5 heteroatoms. The first-order valence-corrected chi connectivity index (χ1v) is 8.94. The fraction of sp³-hybridized carbons (Fsp3) is 0.941. The van der Waals surface area contributed by atoms with E-state index in [9.17, 15) is 4.79 Å². The normalized spacial score (nSPS) is 31.5. The second kappa shape index (κ2) is 9.09. The molecule has 0 aromatic carbocycles. The minimum atomic E-state index is 0. The summed E-state index contributed by atoms with van der Waals surface area (Å²) >= 11 is 0. The van der Waals surface area contributed by atoms with Crippen molar-refractivity contribution in [3.05, 3.63) is 0 Å². The van der Waals surface area contributed by atoms with Crippen molar-refractivity contribution >= 4 is 18.3 Å². The molecule has 22 heavy (non-hydrogen) atoms. The molecule has 2 unspecified atom stereocenters. The summed E-state index contributed by atoms with van der Waals surface area (Å²) < 4.78 is 5.84. The molecule has 1 aliphatic carbocycles. The smallest absolute Gasteiger partial charge is 0.220 e. The Hall–Kier alpha value is -0.320. The van der Waals surface area contributed by atoms with Gasteiger partial charge in [-0.3, -0.25) is 4.79 Å². The molecule has 3 fully saturated rings. The van der Waals surface area contributed by atoms with Crippen molar-refractivity contribution in [2.45, 2.75) is 82.4 Å². The van der Waals surface area contributed by atoms with Gasteiger partial charge in [0.05, 0.1) is 12.7 Å². The lowest BCUT2D eigenvalue weighted by Crippen LogP contribution is -2.40. The van der Waals surface area contributed by atoms with Crippen LogP contribution in [-0.2, 0) is 9.53 Å². The van der Waals surface area contributed by atoms with Crippen LogP contribution in [0.15, 0.2) is 0 Å². The Labute approximate surface area is 140 Å². The fourth-order valence-corrected chi connectivity index (χ4v) is 4.32. The van der Waals surface area contributed by atoms with Crippen LogP contribution in [0.2, 0.25) is 0 Å². The Morgan fingerprint density at radius 2 is 1.73 bits per heavy atom. The molecule has 1 amide bonds. The summed E-state index contributed by atoms with van der Waals surface area (Å²) in [5.74, 6) is 0.802. The number of hydrogen-bond donors (Lipinski definition) is 2. The maximum absolute atomic E-state index is 12.0. The summed E-state index contributed by atoms with van der Waals surface area (Å²) in [7, 11) is 0. The summed E-state index contributed by atoms with van der Waals surface area (Å²) in [6, 6.07) is 1.35. The van der Waals surface area contributed by atoms with Gasteiger partial charge in [0.15, 0.2) is 0 Å². The lowest BCUT2D eigenvalue weighted by atomic mass is 9.89. The Kier molecular flexibility index (Phi) is 7.45. The minimum absolute atomic E-state index is 0. The summed E-state index contributed by atoms with van der Waals surface area (Å²) in [5, 5.41) is 6.67. The Morgan fingerprint density at radius 3 is 2.41 bits per heavy atom. The van der Waals surface area contributed by atoms with Gasteiger partial charge in [-0.25, -0.2) is 0 Å². The highest BCUT2D eigenvalue weighted by atomic mass is 35.5. The van der Waals surface area contributed by atoms with E-state index in [0.29, 0.717) is 43.7 Å². The van der Waals surface area contributed by atoms with E-state index < -0.39 is 0 Å². The molecule has 1 saturated carbocycles. The number of nitrogens with one attached hydrogen (secondary N) is 2. The van der Waals surface area contributed by atoms with Crippen molar-refractivity contribution < 1.29 is 9.53 Å². The average molecular weight is 331 g/mol. The zero-order chi connectivity index (χ0) is 14.5. The van der Waals surface area contributed by atoms with E-state index in [-0.39, 0.29) is 18.3 Å². The standard InChI is InChI=1S/C17H30N2O2.ClH/c20-17(12-13-10-14-6-7-15(11-13)19-14)18-8-9-21-16-4-2-1-3-5-16;/h13-16,19H,1-12H2,(H,18,20);1H. The number of ether oxygens (including phenoxy) is 1. The van der Waals surface area contributed by atoms with Gasteiger partial charge in [-0.1, -0.05) is 19.3 Å². The summed E-state index contributed by atoms with van der Waals surface area (Å²) in [5.41, 5.74) is 0. The van der Waals surface area contributed by atoms with Crippen molar-refractivity contribution in [3.63, 3.8) is 0 Å². The molecule has 2 bridgehead atoms. The molecule has 2 saturated heterocycles. The van der Waals surface area contributed by atoms with Crippen LogP contribution >= 0.6 is 12.4 Å². The van der Waals surface area contributed by atoms with E-state index in [1.54, 1.807) is 0 Å². The number of piperidine rings is 1. The van der Waals surface area contributed by atoms with Gasteiger partial charge in [-0.05, 0) is 44.4 Å². The van der Waals surface area contributed by atoms with E-state index in [1.807, 2.05) is 0 Å². The van der Waals surface area contributed by atoms with Crippen LogP contribution in [0.3, 0.4) is 0 Å². The summed E-state index contributed by atoms with van der Waals surface area (Å²) in [6.45, 7) is 1.35. The van der Waals surface area contributed by atoms with Crippen LogP contribution in [0.4, 0.5) is 0 Å². The van der Waals surface area contributed by atoms with Crippen molar-refractivity contribution in [2.24, 2.45) is 5.92 Å². The molecular formula is C17H31ClN2O2. The molecule has 128 valence electrons. The first kappa shape index (κ1) is 18.0. The van der Waals surface area contributed by atoms with Gasteiger partial charge >= 0.3 is 0 Å². The van der Waals surface area contributed by atoms with E-state index in [0.717, 1.165) is 0 Å². The molecule has 4 nitrogen and oxygen atoms in total. The molecule has 2 heterocycles. The molecule has 2 N–H and O–H groups in total. The quantitative estimate of drug-likeness (QED) is 0.736. The lowest BCUT2D eigenvalue weighted by molar-refractivity contribution is -0.122. The van der Waals surface area contributed by atoms with E-state index in [2.05, 4.69) is 10.6 Å². The largest absolute Gasteiger partial charge is 0.376 e. The van der Waals surface area contributed by atoms with Gasteiger partial charge in [0.25, 0.3) is 0 Å². The molecule has 3 rings (SSSR count). The number of hydrogen-bond acceptors (Lipinski definition) is 3. The third kappa shape index (κ3) is 5.39. The second-order valence-corrected chi connectivity index (χ2v) is 7.16. The zero-order valence-electron chi connectivity index (χ0n) is 13.5. The highest BCUT2D eigenvalue weighted by Gasteiger charge is 2.34. The van der Waals surface area contributed by atoms with Gasteiger partial charge in [0.2, 0.25) is 5.91 Å². The summed E-state index contributed by atoms with van der Waals surface area (Å²) in [6.07, 6.45) is 12.5. The molecular weight excluding hydrogens is 300 g/mol. The zero-order valence-corrected chi connectivity index (χ0v) is 14.3. The monoisotopic (exact) mass is 330 g/mol. The SMILES string of the molecule is Cl.O=C(CC1CC2CCC(C1)N2)NCCOC1CCCCC1. The molecule has 0 radical (unpaired) electrons. The first-order chi connectivity index (χ1) is 10.3. The molecule has 3 aliphatic rings. The van der Waals surface area contributed by atoms with Crippen molar-refractivity contribution in [1.82, 2.24) is 10.6 Å². The van der Waals surface area contributed by atoms with Gasteiger partial charge in [0.1, 0.15) is 0 Å². The van der Waals surface area contributed by atoms with Crippen LogP contribution in [0.25, 0.3) is 0 Å². The number of amides is 1. The van der Waals surface area contributed by atoms with Crippen LogP contribution in [0, 0.1) is 5.92 Å². The van der Waals surface area contributed by atoms with Crippen LogP contribution in [0.1, 0.15) is 64.2 Å². The van der Waals surface area contributed by atoms with Crippen molar-refractivity contribution in [3.8, 4) is 0 Å². The second-order valence-electron chi connectivity index (χ2n) is 7.16. The molecule has 2 atom stereocenters. The summed E-state index contributed by atoms with van der Waals surface area (Å²) in [4.78, 5) is 12.0. The average Bonchev–Trinajstić information content (AvgIpc) is 2.84. The highest BCUT2D eigenvalue weighted by Crippen LogP contribution is 2.32. The number of carbonyl (C=O) groups excluding carboxylic acids is 1. The number of halogens is 1. The van der Waals surface area contributed by atoms with Gasteiger partial charge < -0.3 is 15.4 Å². The topological polar surface area (TPSA) is 50.4 Å². The van der Waals surface area contributed by atoms with E-state index in [1.165, 1.54) is 57.8 Å². The third-order valence-corrected chi connectivity index (χ3v) is 5.37. The van der Waals surface area contributed by atoms with Crippen LogP contribution in [0.5, 0.6) is 0 Å². The Bertz CT molecular complexity index is 336. The molecule has 0 spiro atoms. The fourth-order valence-electron chi connectivity index (χ4n) is 4.32. The van der Waals surface area contributed by atoms with Gasteiger partial charge in [-0.2, -0.15) is 0 Å². The number of rotatable bonds is 6. The van der Waals surface area contributed by atoms with Crippen molar-refractivity contribution in [2.75, 3.05) is 13.2 Å². The van der Waals surface area contributed by atoms with Crippen LogP contribution < -0.4 is 10.6 Å². The first-order valence-electron chi connectivity index (χ1n) is 8.94. The molecule has 2 aliphatic heterocycles. The molecule has 0 aromatic rings.